The van der Waals surface area contributed by atoms with Gasteiger partial charge in [0.25, 0.3) is 0 Å². The minimum atomic E-state index is -1.72. The zero-order valence-electron chi connectivity index (χ0n) is 48.0. The molecule has 25 nitrogen and oxygen atoms in total. The van der Waals surface area contributed by atoms with E-state index in [0.29, 0.717) is 38.4 Å². The summed E-state index contributed by atoms with van der Waals surface area (Å²) in [5.74, 6) is -4.57. The molecule has 0 aliphatic carbocycles. The van der Waals surface area contributed by atoms with Gasteiger partial charge in [-0.2, -0.15) is 0 Å². The van der Waals surface area contributed by atoms with E-state index in [4.69, 9.17) is 17.3 Å². The number of aliphatic hydroxyl groups is 1. The van der Waals surface area contributed by atoms with Crippen LogP contribution in [0.3, 0.4) is 0 Å². The molecule has 0 fully saturated rings. The number of nitrogens with two attached hydrogens (primary N) is 3. The number of hydrogen-bond acceptors (Lipinski definition) is 16. The van der Waals surface area contributed by atoms with Crippen molar-refractivity contribution in [2.24, 2.45) is 40.1 Å². The molecule has 0 aromatic rings. The number of carboxylic acids is 1. The third kappa shape index (κ3) is 26.1. The Morgan fingerprint density at radius 3 is 1.85 bits per heavy atom. The maximum atomic E-state index is 14.8. The highest BCUT2D eigenvalue weighted by Crippen LogP contribution is 2.24. The number of hydrogen-bond donors (Lipinski definition) is 13. The Morgan fingerprint density at radius 1 is 0.722 bits per heavy atom. The molecule has 0 aromatic carbocycles. The van der Waals surface area contributed by atoms with Crippen molar-refractivity contribution in [2.45, 2.75) is 225 Å². The van der Waals surface area contributed by atoms with Crippen molar-refractivity contribution >= 4 is 71.0 Å². The number of carbonyl (C=O) groups is 11. The summed E-state index contributed by atoms with van der Waals surface area (Å²) in [5.41, 5.74) is 10.4. The number of ketones is 3. The van der Waals surface area contributed by atoms with E-state index in [1.165, 1.54) is 13.8 Å². The maximum Gasteiger partial charge on any atom is 0.303 e. The highest BCUT2D eigenvalue weighted by molar-refractivity contribution is 6.41. The third-order valence-electron chi connectivity index (χ3n) is 13.9. The minimum absolute atomic E-state index is 0.00182. The van der Waals surface area contributed by atoms with Crippen molar-refractivity contribution in [2.75, 3.05) is 13.2 Å². The Morgan fingerprint density at radius 2 is 1.28 bits per heavy atom. The van der Waals surface area contributed by atoms with Crippen molar-refractivity contribution in [3.63, 3.8) is 0 Å². The van der Waals surface area contributed by atoms with Crippen molar-refractivity contribution in [1.29, 1.82) is 0 Å². The van der Waals surface area contributed by atoms with Crippen LogP contribution in [0, 0.1) is 17.8 Å². The fourth-order valence-corrected chi connectivity index (χ4v) is 8.94. The van der Waals surface area contributed by atoms with Gasteiger partial charge >= 0.3 is 5.97 Å². The Balaban J connectivity index is 3.68. The largest absolute Gasteiger partial charge is 0.481 e. The number of allylic oxidation sites excluding steroid dienone is 2. The van der Waals surface area contributed by atoms with Crippen LogP contribution in [0.2, 0.25) is 0 Å². The molecule has 448 valence electrons. The number of aliphatic carboxylic acids is 1. The maximum absolute atomic E-state index is 14.8. The van der Waals surface area contributed by atoms with E-state index in [9.17, 15) is 63.0 Å². The van der Waals surface area contributed by atoms with Gasteiger partial charge in [-0.15, -0.1) is 0 Å². The van der Waals surface area contributed by atoms with Crippen LogP contribution in [0.4, 0.5) is 0 Å². The van der Waals surface area contributed by atoms with E-state index in [-0.39, 0.29) is 62.9 Å². The molecule has 6 amide bonds. The summed E-state index contributed by atoms with van der Waals surface area (Å²) in [6.45, 7) is 14.1. The average Bonchev–Trinajstić information content (AvgIpc) is 3.38. The standard InChI is InChI=1S/C54H94N12O13/c1-10-34(6)44(63-49(77)40(31-68)62-47(75)37(22-23-43(71)72)60-48(76)39(66-57)28-33(4)5)50(78)61-38(27-32(2)3)46(74)45(73)36(21-20-26-58-52(55)56)64-53(8)24-18-16-14-12-11-13-15-17-19-25-54(9,51(79)59-35(7)30-67)65-42(70)29-41(53)69/h13,15,30,32-40,44,64,66,68H,10-12,14,16-29,31,57H2,1-9H3,(H,59,79)(H,60,76)(H,61,78)(H,62,75)(H,63,77)(H,65,70)(H,71,72)(H4,55,56,58)/b15-13+/t34-,35-,36-,37-,38?,39?,40?,44-,53+,54-/m0/s1. The zero-order chi connectivity index (χ0) is 60.0. The average molecular weight is 1120 g/mol. The number of Topliss-reactive ketones (excluding diaryl/α,β-unsaturated/α-hetero) is 3. The number of amides is 6. The topological polar surface area (TPSA) is 415 Å². The monoisotopic (exact) mass is 1120 g/mol. The van der Waals surface area contributed by atoms with E-state index in [2.05, 4.69) is 53.7 Å². The predicted molar refractivity (Wildman–Crippen MR) is 297 cm³/mol. The molecular weight excluding hydrogens is 1020 g/mol. The van der Waals surface area contributed by atoms with Crippen LogP contribution < -0.4 is 60.0 Å². The first-order valence-corrected chi connectivity index (χ1v) is 27.7. The van der Waals surface area contributed by atoms with Crippen molar-refractivity contribution in [3.05, 3.63) is 12.2 Å². The summed E-state index contributed by atoms with van der Waals surface area (Å²) in [7, 11) is 0. The molecule has 79 heavy (non-hydrogen) atoms. The molecule has 1 aliphatic rings. The summed E-state index contributed by atoms with van der Waals surface area (Å²) in [6, 6.07) is -9.27. The van der Waals surface area contributed by atoms with Gasteiger partial charge in [-0.1, -0.05) is 79.4 Å². The van der Waals surface area contributed by atoms with Crippen LogP contribution in [0.15, 0.2) is 17.1 Å². The molecule has 0 radical (unpaired) electrons. The number of nitrogens with zero attached hydrogens (tertiary/aromatic N) is 1. The lowest BCUT2D eigenvalue weighted by atomic mass is 9.84. The summed E-state index contributed by atoms with van der Waals surface area (Å²) < 4.78 is 0. The van der Waals surface area contributed by atoms with Crippen molar-refractivity contribution in [3.8, 4) is 0 Å². The molecule has 0 spiro atoms. The molecule has 0 aromatic heterocycles. The van der Waals surface area contributed by atoms with Gasteiger partial charge in [0.15, 0.2) is 11.7 Å². The first kappa shape index (κ1) is 70.8. The number of carbonyl (C=O) groups excluding carboxylic acids is 10. The second kappa shape index (κ2) is 36.2. The number of carboxylic acid groups (broad SMARTS) is 1. The van der Waals surface area contributed by atoms with E-state index in [0.717, 1.165) is 19.3 Å². The van der Waals surface area contributed by atoms with Gasteiger partial charge in [0.05, 0.1) is 42.7 Å². The lowest BCUT2D eigenvalue weighted by molar-refractivity contribution is -0.142. The van der Waals surface area contributed by atoms with Crippen LogP contribution in [-0.4, -0.2) is 148 Å². The van der Waals surface area contributed by atoms with E-state index < -0.39 is 144 Å². The molecule has 1 rings (SSSR count). The third-order valence-corrected chi connectivity index (χ3v) is 13.9. The molecule has 0 saturated heterocycles. The van der Waals surface area contributed by atoms with Crippen molar-refractivity contribution < 1.29 is 63.0 Å². The zero-order valence-corrected chi connectivity index (χ0v) is 48.0. The van der Waals surface area contributed by atoms with Crippen LogP contribution in [0.25, 0.3) is 0 Å². The molecule has 1 aliphatic heterocycles. The molecular formula is C54H94N12O13. The van der Waals surface area contributed by atoms with E-state index >= 15 is 0 Å². The van der Waals surface area contributed by atoms with Gasteiger partial charge in [-0.05, 0) is 109 Å². The molecule has 0 saturated carbocycles. The van der Waals surface area contributed by atoms with Gasteiger partial charge in [0.2, 0.25) is 47.0 Å². The van der Waals surface area contributed by atoms with Gasteiger partial charge in [-0.3, -0.25) is 64.1 Å². The normalized spacial score (nSPS) is 21.2. The number of rotatable bonds is 31. The minimum Gasteiger partial charge on any atom is -0.481 e. The summed E-state index contributed by atoms with van der Waals surface area (Å²) >= 11 is 0. The number of aldehydes is 1. The number of aliphatic hydroxyl groups excluding tert-OH is 1. The first-order chi connectivity index (χ1) is 37.1. The second-order valence-electron chi connectivity index (χ2n) is 22.0. The predicted octanol–water partition coefficient (Wildman–Crippen LogP) is 0.280. The highest BCUT2D eigenvalue weighted by Gasteiger charge is 2.43. The first-order valence-electron chi connectivity index (χ1n) is 27.7. The van der Waals surface area contributed by atoms with E-state index in [1.54, 1.807) is 34.6 Å². The summed E-state index contributed by atoms with van der Waals surface area (Å²) in [5, 5.41) is 38.2. The van der Waals surface area contributed by atoms with Crippen molar-refractivity contribution in [1.82, 2.24) is 42.6 Å². The van der Waals surface area contributed by atoms with E-state index in [1.807, 2.05) is 19.9 Å². The fraction of sp³-hybridized carbons (Fsp3) is 0.741. The van der Waals surface area contributed by atoms with Crippen LogP contribution in [-0.2, 0) is 52.7 Å². The fourth-order valence-electron chi connectivity index (χ4n) is 8.94. The molecule has 16 N–H and O–H groups in total. The molecule has 25 heteroatoms. The van der Waals surface area contributed by atoms with Gasteiger partial charge < -0.3 is 58.4 Å². The Labute approximate surface area is 465 Å². The SMILES string of the molecule is CC[C@H](C)[C@H](NC(=O)C(CO)NC(=O)[C@H](CCC(=O)O)NC(=O)C(CC(C)C)NN)C(=O)NC(CC(C)C)C(=O)C(=O)[C@H](CCCN=C(N)N)N[C@]1(C)CCCCCC/C=C/CCC[C@@](C)(C(=O)N[C@@H](C)C=O)NC(=O)CC1=O. The number of nitrogens with one attached hydrogen (secondary N) is 8. The Hall–Kier alpha value is -6.18. The van der Waals surface area contributed by atoms with Gasteiger partial charge in [0.1, 0.15) is 30.0 Å². The second-order valence-corrected chi connectivity index (χ2v) is 22.0. The number of guanidine groups is 1. The van der Waals surface area contributed by atoms with Crippen LogP contribution >= 0.6 is 0 Å². The Bertz CT molecular complexity index is 2120. The number of hydrazine groups is 1. The van der Waals surface area contributed by atoms with Gasteiger partial charge in [0, 0.05) is 13.0 Å². The molecule has 0 bridgehead atoms. The molecule has 10 atom stereocenters. The van der Waals surface area contributed by atoms with Crippen LogP contribution in [0.1, 0.15) is 171 Å². The summed E-state index contributed by atoms with van der Waals surface area (Å²) in [6.07, 6.45) is 8.61. The summed E-state index contributed by atoms with van der Waals surface area (Å²) in [4.78, 5) is 153. The lowest BCUT2D eigenvalue weighted by Crippen LogP contribution is -2.62. The Kier molecular flexibility index (Phi) is 32.4. The highest BCUT2D eigenvalue weighted by atomic mass is 16.4. The molecule has 3 unspecified atom stereocenters. The lowest BCUT2D eigenvalue weighted by Gasteiger charge is -2.35. The number of aliphatic imine (C=N–C) groups is 1. The smallest absolute Gasteiger partial charge is 0.303 e. The van der Waals surface area contributed by atoms with Crippen LogP contribution in [0.5, 0.6) is 0 Å². The van der Waals surface area contributed by atoms with Gasteiger partial charge in [-0.25, -0.2) is 5.43 Å². The molecule has 1 heterocycles. The quantitative estimate of drug-likeness (QED) is 0.00510.